The Labute approximate surface area is 129 Å². The van der Waals surface area contributed by atoms with E-state index in [0.717, 1.165) is 6.07 Å². The Bertz CT molecular complexity index is 727. The SMILES string of the molecule is Cc1ncccc1OCc1c(OC#N)cccc1OC(F)(F)F. The first-order valence-corrected chi connectivity index (χ1v) is 6.38. The molecule has 0 aliphatic heterocycles. The van der Waals surface area contributed by atoms with Crippen molar-refractivity contribution in [1.82, 2.24) is 4.98 Å². The molecule has 0 aliphatic rings. The zero-order valence-electron chi connectivity index (χ0n) is 11.9. The fourth-order valence-electron chi connectivity index (χ4n) is 1.82. The van der Waals surface area contributed by atoms with Gasteiger partial charge in [0.1, 0.15) is 18.1 Å². The lowest BCUT2D eigenvalue weighted by Crippen LogP contribution is -2.18. The van der Waals surface area contributed by atoms with Gasteiger partial charge in [-0.1, -0.05) is 6.07 Å². The van der Waals surface area contributed by atoms with Crippen LogP contribution in [0.4, 0.5) is 13.2 Å². The van der Waals surface area contributed by atoms with Crippen molar-refractivity contribution in [3.63, 3.8) is 0 Å². The molecule has 23 heavy (non-hydrogen) atoms. The second-order valence-electron chi connectivity index (χ2n) is 4.35. The van der Waals surface area contributed by atoms with Crippen LogP contribution in [-0.4, -0.2) is 11.3 Å². The van der Waals surface area contributed by atoms with Crippen LogP contribution < -0.4 is 14.2 Å². The maximum absolute atomic E-state index is 12.5. The zero-order valence-corrected chi connectivity index (χ0v) is 11.9. The van der Waals surface area contributed by atoms with Crippen molar-refractivity contribution >= 4 is 0 Å². The maximum Gasteiger partial charge on any atom is 0.573 e. The number of halogens is 3. The van der Waals surface area contributed by atoms with Gasteiger partial charge in [-0.25, -0.2) is 0 Å². The highest BCUT2D eigenvalue weighted by Gasteiger charge is 2.33. The Morgan fingerprint density at radius 3 is 2.48 bits per heavy atom. The van der Waals surface area contributed by atoms with E-state index in [1.807, 2.05) is 0 Å². The Morgan fingerprint density at radius 2 is 1.83 bits per heavy atom. The minimum atomic E-state index is -4.87. The minimum Gasteiger partial charge on any atom is -0.487 e. The fraction of sp³-hybridized carbons (Fsp3) is 0.200. The first-order valence-electron chi connectivity index (χ1n) is 6.38. The molecule has 0 spiro atoms. The van der Waals surface area contributed by atoms with Gasteiger partial charge in [0, 0.05) is 6.20 Å². The van der Waals surface area contributed by atoms with E-state index < -0.39 is 12.1 Å². The van der Waals surface area contributed by atoms with Crippen molar-refractivity contribution in [2.75, 3.05) is 0 Å². The Balaban J connectivity index is 2.30. The molecule has 0 aliphatic carbocycles. The predicted molar refractivity (Wildman–Crippen MR) is 72.7 cm³/mol. The van der Waals surface area contributed by atoms with E-state index in [2.05, 4.69) is 14.5 Å². The summed E-state index contributed by atoms with van der Waals surface area (Å²) >= 11 is 0. The van der Waals surface area contributed by atoms with Gasteiger partial charge in [-0.3, -0.25) is 4.98 Å². The van der Waals surface area contributed by atoms with Crippen LogP contribution >= 0.6 is 0 Å². The van der Waals surface area contributed by atoms with E-state index >= 15 is 0 Å². The number of nitrogens with zero attached hydrogens (tertiary/aromatic N) is 2. The average molecular weight is 324 g/mol. The van der Waals surface area contributed by atoms with Crippen molar-refractivity contribution in [3.05, 3.63) is 47.8 Å². The molecule has 0 saturated heterocycles. The first-order chi connectivity index (χ1) is 10.9. The standard InChI is InChI=1S/C15H11F3N2O3/c1-10-12(6-3-7-20-10)21-8-11-13(22-9-19)4-2-5-14(11)23-15(16,17)18/h2-7H,8H2,1H3. The van der Waals surface area contributed by atoms with Crippen molar-refractivity contribution in [3.8, 4) is 23.5 Å². The van der Waals surface area contributed by atoms with Gasteiger partial charge >= 0.3 is 6.36 Å². The number of alkyl halides is 3. The number of benzene rings is 1. The fourth-order valence-corrected chi connectivity index (χ4v) is 1.82. The summed E-state index contributed by atoms with van der Waals surface area (Å²) in [7, 11) is 0. The van der Waals surface area contributed by atoms with Crippen LogP contribution in [0.1, 0.15) is 11.3 Å². The molecule has 0 unspecified atom stereocenters. The second kappa shape index (κ2) is 6.87. The van der Waals surface area contributed by atoms with Crippen molar-refractivity contribution in [2.24, 2.45) is 0 Å². The highest BCUT2D eigenvalue weighted by molar-refractivity contribution is 5.45. The van der Waals surface area contributed by atoms with E-state index in [4.69, 9.17) is 10.00 Å². The molecular weight excluding hydrogens is 313 g/mol. The average Bonchev–Trinajstić information content (AvgIpc) is 2.47. The van der Waals surface area contributed by atoms with Crippen LogP contribution in [0.3, 0.4) is 0 Å². The topological polar surface area (TPSA) is 64.4 Å². The van der Waals surface area contributed by atoms with Gasteiger partial charge in [0.25, 0.3) is 6.26 Å². The third kappa shape index (κ3) is 4.51. The van der Waals surface area contributed by atoms with Gasteiger partial charge in [-0.2, -0.15) is 0 Å². The lowest BCUT2D eigenvalue weighted by Gasteiger charge is -2.16. The molecule has 5 nitrogen and oxygen atoms in total. The summed E-state index contributed by atoms with van der Waals surface area (Å²) in [5, 5.41) is 8.61. The normalized spacial score (nSPS) is 10.7. The number of aromatic nitrogens is 1. The molecule has 0 amide bonds. The zero-order chi connectivity index (χ0) is 16.9. The molecule has 0 N–H and O–H groups in total. The minimum absolute atomic E-state index is 0.0328. The van der Waals surface area contributed by atoms with Gasteiger partial charge < -0.3 is 14.2 Å². The molecule has 0 saturated carbocycles. The number of pyridine rings is 1. The Morgan fingerprint density at radius 1 is 1.13 bits per heavy atom. The van der Waals surface area contributed by atoms with E-state index in [0.29, 0.717) is 11.4 Å². The molecule has 0 fully saturated rings. The Hall–Kier alpha value is -2.95. The van der Waals surface area contributed by atoms with Crippen LogP contribution in [-0.2, 0) is 6.61 Å². The van der Waals surface area contributed by atoms with Crippen LogP contribution in [0.25, 0.3) is 0 Å². The highest BCUT2D eigenvalue weighted by Crippen LogP contribution is 2.33. The van der Waals surface area contributed by atoms with Crippen molar-refractivity contribution < 1.29 is 27.4 Å². The molecule has 120 valence electrons. The molecule has 1 aromatic carbocycles. The third-order valence-corrected chi connectivity index (χ3v) is 2.80. The lowest BCUT2D eigenvalue weighted by molar-refractivity contribution is -0.275. The van der Waals surface area contributed by atoms with E-state index in [1.165, 1.54) is 18.4 Å². The summed E-state index contributed by atoms with van der Waals surface area (Å²) in [6.45, 7) is 1.41. The molecule has 1 aromatic heterocycles. The third-order valence-electron chi connectivity index (χ3n) is 2.80. The van der Waals surface area contributed by atoms with Gasteiger partial charge in [-0.15, -0.1) is 18.4 Å². The summed E-state index contributed by atoms with van der Waals surface area (Å²) in [6, 6.07) is 7.01. The molecule has 0 atom stereocenters. The Kier molecular flexibility index (Phi) is 4.91. The molecule has 1 heterocycles. The molecular formula is C15H11F3N2O3. The summed E-state index contributed by atoms with van der Waals surface area (Å²) < 4.78 is 51.6. The van der Waals surface area contributed by atoms with Gasteiger partial charge in [0.05, 0.1) is 11.3 Å². The number of hydrogen-bond donors (Lipinski definition) is 0. The van der Waals surface area contributed by atoms with Crippen molar-refractivity contribution in [1.29, 1.82) is 5.26 Å². The van der Waals surface area contributed by atoms with Gasteiger partial charge in [-0.05, 0) is 31.2 Å². The lowest BCUT2D eigenvalue weighted by atomic mass is 10.2. The van der Waals surface area contributed by atoms with Crippen LogP contribution in [0, 0.1) is 18.4 Å². The van der Waals surface area contributed by atoms with E-state index in [1.54, 1.807) is 25.3 Å². The first kappa shape index (κ1) is 16.4. The van der Waals surface area contributed by atoms with Crippen LogP contribution in [0.5, 0.6) is 17.2 Å². The van der Waals surface area contributed by atoms with Crippen LogP contribution in [0.15, 0.2) is 36.5 Å². The largest absolute Gasteiger partial charge is 0.573 e. The van der Waals surface area contributed by atoms with E-state index in [9.17, 15) is 13.2 Å². The van der Waals surface area contributed by atoms with Gasteiger partial charge in [0.2, 0.25) is 0 Å². The molecule has 2 aromatic rings. The molecule has 2 rings (SSSR count). The smallest absolute Gasteiger partial charge is 0.487 e. The van der Waals surface area contributed by atoms with Crippen molar-refractivity contribution in [2.45, 2.75) is 19.9 Å². The quantitative estimate of drug-likeness (QED) is 0.784. The maximum atomic E-state index is 12.5. The van der Waals surface area contributed by atoms with Crippen LogP contribution in [0.2, 0.25) is 0 Å². The monoisotopic (exact) mass is 324 g/mol. The highest BCUT2D eigenvalue weighted by atomic mass is 19.4. The number of nitriles is 1. The molecule has 0 radical (unpaired) electrons. The number of ether oxygens (including phenoxy) is 3. The summed E-state index contributed by atoms with van der Waals surface area (Å²) in [4.78, 5) is 4.01. The molecule has 8 heteroatoms. The summed E-state index contributed by atoms with van der Waals surface area (Å²) in [5.41, 5.74) is 0.541. The summed E-state index contributed by atoms with van der Waals surface area (Å²) in [6.07, 6.45) is -1.89. The summed E-state index contributed by atoms with van der Waals surface area (Å²) in [5.74, 6) is -0.167. The number of aryl methyl sites for hydroxylation is 1. The number of hydrogen-bond acceptors (Lipinski definition) is 5. The second-order valence-corrected chi connectivity index (χ2v) is 4.35. The van der Waals surface area contributed by atoms with E-state index in [-0.39, 0.29) is 17.9 Å². The number of rotatable bonds is 5. The molecule has 0 bridgehead atoms. The predicted octanol–water partition coefficient (Wildman–Crippen LogP) is 3.73. The van der Waals surface area contributed by atoms with Gasteiger partial charge in [0.15, 0.2) is 5.75 Å².